The number of carbonyl (C=O) groups is 2. The van der Waals surface area contributed by atoms with Crippen molar-refractivity contribution >= 4 is 11.9 Å². The predicted octanol–water partition coefficient (Wildman–Crippen LogP) is 0.917. The van der Waals surface area contributed by atoms with E-state index in [1.165, 1.54) is 0 Å². The van der Waals surface area contributed by atoms with Gasteiger partial charge in [-0.25, -0.2) is 0 Å². The van der Waals surface area contributed by atoms with Crippen LogP contribution in [0, 0.1) is 5.92 Å². The zero-order valence-corrected chi connectivity index (χ0v) is 12.1. The van der Waals surface area contributed by atoms with Gasteiger partial charge in [0.05, 0.1) is 0 Å². The van der Waals surface area contributed by atoms with Crippen LogP contribution in [0.25, 0.3) is 0 Å². The molecule has 0 saturated carbocycles. The van der Waals surface area contributed by atoms with E-state index >= 15 is 0 Å². The van der Waals surface area contributed by atoms with Crippen molar-refractivity contribution in [3.8, 4) is 0 Å². The van der Waals surface area contributed by atoms with Gasteiger partial charge in [0.25, 0.3) is 0 Å². The minimum atomic E-state index is -0.879. The van der Waals surface area contributed by atoms with Crippen LogP contribution >= 0.6 is 0 Å². The third-order valence-electron chi connectivity index (χ3n) is 3.22. The van der Waals surface area contributed by atoms with Gasteiger partial charge < -0.3 is 20.8 Å². The molecule has 0 aliphatic carbocycles. The zero-order valence-electron chi connectivity index (χ0n) is 12.1. The highest BCUT2D eigenvalue weighted by molar-refractivity contribution is 5.73. The molecule has 4 atom stereocenters. The Labute approximate surface area is 114 Å². The van der Waals surface area contributed by atoms with E-state index in [9.17, 15) is 9.59 Å². The third kappa shape index (κ3) is 7.12. The summed E-state index contributed by atoms with van der Waals surface area (Å²) < 4.78 is 0. The Balaban J connectivity index is 4.15. The van der Waals surface area contributed by atoms with Gasteiger partial charge in [0, 0.05) is 6.04 Å². The zero-order chi connectivity index (χ0) is 15.0. The fourth-order valence-electron chi connectivity index (χ4n) is 2.01. The smallest absolute Gasteiger partial charge is 0.320 e. The number of carboxylic acids is 2. The van der Waals surface area contributed by atoms with Gasteiger partial charge in [-0.05, 0) is 39.2 Å². The molecule has 112 valence electrons. The molecule has 0 heterocycles. The lowest BCUT2D eigenvalue weighted by atomic mass is 9.94. The number of rotatable bonds is 10. The number of likely N-dealkylation sites (N-methyl/N-ethyl adjacent to an activating group) is 1. The number of carboxylic acid groups (broad SMARTS) is 2. The lowest BCUT2D eigenvalue weighted by molar-refractivity contribution is -0.141. The molecule has 19 heavy (non-hydrogen) atoms. The number of aliphatic carboxylic acids is 2. The fourth-order valence-corrected chi connectivity index (χ4v) is 2.01. The molecule has 0 aromatic carbocycles. The largest absolute Gasteiger partial charge is 0.480 e. The van der Waals surface area contributed by atoms with Gasteiger partial charge in [-0.15, -0.1) is 0 Å². The molecule has 4 unspecified atom stereocenters. The van der Waals surface area contributed by atoms with E-state index < -0.39 is 24.0 Å². The van der Waals surface area contributed by atoms with E-state index in [2.05, 4.69) is 10.6 Å². The third-order valence-corrected chi connectivity index (χ3v) is 3.22. The highest BCUT2D eigenvalue weighted by atomic mass is 16.4. The summed E-state index contributed by atoms with van der Waals surface area (Å²) in [6, 6.07) is -1.09. The van der Waals surface area contributed by atoms with Crippen molar-refractivity contribution in [2.75, 3.05) is 6.54 Å². The van der Waals surface area contributed by atoms with Crippen molar-refractivity contribution in [3.63, 3.8) is 0 Å². The molecule has 0 radical (unpaired) electrons. The second-order valence-corrected chi connectivity index (χ2v) is 5.06. The second-order valence-electron chi connectivity index (χ2n) is 5.06. The van der Waals surface area contributed by atoms with Crippen LogP contribution in [-0.2, 0) is 9.59 Å². The summed E-state index contributed by atoms with van der Waals surface area (Å²) in [5, 5.41) is 23.8. The van der Waals surface area contributed by atoms with Crippen molar-refractivity contribution < 1.29 is 19.8 Å². The summed E-state index contributed by atoms with van der Waals surface area (Å²) in [7, 11) is 0. The minimum Gasteiger partial charge on any atom is -0.480 e. The summed E-state index contributed by atoms with van der Waals surface area (Å²) in [5.74, 6) is -1.72. The van der Waals surface area contributed by atoms with Crippen molar-refractivity contribution in [2.45, 2.75) is 58.7 Å². The molecule has 0 rings (SSSR count). The molecule has 0 amide bonds. The Morgan fingerprint density at radius 2 is 1.63 bits per heavy atom. The van der Waals surface area contributed by atoms with E-state index in [1.807, 2.05) is 20.8 Å². The van der Waals surface area contributed by atoms with Crippen LogP contribution < -0.4 is 10.6 Å². The molecule has 0 saturated heterocycles. The van der Waals surface area contributed by atoms with E-state index in [1.54, 1.807) is 6.92 Å². The molecular weight excluding hydrogens is 248 g/mol. The van der Waals surface area contributed by atoms with Gasteiger partial charge in [0.15, 0.2) is 0 Å². The van der Waals surface area contributed by atoms with Crippen LogP contribution in [0.2, 0.25) is 0 Å². The van der Waals surface area contributed by atoms with Crippen LogP contribution in [0.15, 0.2) is 0 Å². The minimum absolute atomic E-state index is 0.00170. The van der Waals surface area contributed by atoms with E-state index in [0.29, 0.717) is 6.54 Å². The average Bonchev–Trinajstić information content (AvgIpc) is 2.32. The molecule has 0 fully saturated rings. The first-order chi connectivity index (χ1) is 8.79. The van der Waals surface area contributed by atoms with Gasteiger partial charge in [-0.1, -0.05) is 13.8 Å². The first kappa shape index (κ1) is 17.9. The molecule has 0 aromatic heterocycles. The molecule has 0 aromatic rings. The van der Waals surface area contributed by atoms with E-state index in [-0.39, 0.29) is 12.0 Å². The van der Waals surface area contributed by atoms with Gasteiger partial charge >= 0.3 is 11.9 Å². The molecule has 0 aliphatic heterocycles. The summed E-state index contributed by atoms with van der Waals surface area (Å²) >= 11 is 0. The van der Waals surface area contributed by atoms with Crippen molar-refractivity contribution in [1.29, 1.82) is 0 Å². The topological polar surface area (TPSA) is 98.7 Å². The molecule has 0 bridgehead atoms. The van der Waals surface area contributed by atoms with Crippen molar-refractivity contribution in [2.24, 2.45) is 5.92 Å². The summed E-state index contributed by atoms with van der Waals surface area (Å²) in [4.78, 5) is 21.8. The number of hydrogen-bond acceptors (Lipinski definition) is 4. The maximum absolute atomic E-state index is 11.1. The summed E-state index contributed by atoms with van der Waals surface area (Å²) in [6.07, 6.45) is 1.47. The Hall–Kier alpha value is -1.14. The standard InChI is InChI=1S/C13H26N2O4/c1-5-14-11(13(18)19)8(2)6-7-9(3)15-10(4)12(16)17/h8-11,14-15H,5-7H2,1-4H3,(H,16,17)(H,18,19). The number of nitrogens with one attached hydrogen (secondary N) is 2. The Morgan fingerprint density at radius 1 is 1.05 bits per heavy atom. The van der Waals surface area contributed by atoms with E-state index in [0.717, 1.165) is 12.8 Å². The molecule has 0 aliphatic rings. The molecule has 0 spiro atoms. The molecular formula is C13H26N2O4. The van der Waals surface area contributed by atoms with Crippen LogP contribution in [0.5, 0.6) is 0 Å². The van der Waals surface area contributed by atoms with E-state index in [4.69, 9.17) is 10.2 Å². The first-order valence-corrected chi connectivity index (χ1v) is 6.74. The molecule has 6 nitrogen and oxygen atoms in total. The summed E-state index contributed by atoms with van der Waals surface area (Å²) in [6.45, 7) is 7.90. The van der Waals surface area contributed by atoms with Gasteiger partial charge in [0.2, 0.25) is 0 Å². The maximum atomic E-state index is 11.1. The van der Waals surface area contributed by atoms with Crippen LogP contribution in [-0.4, -0.2) is 46.8 Å². The SMILES string of the molecule is CCNC(C(=O)O)C(C)CCC(C)NC(C)C(=O)O. The predicted molar refractivity (Wildman–Crippen MR) is 73.2 cm³/mol. The molecule has 6 heteroatoms. The summed E-state index contributed by atoms with van der Waals surface area (Å²) in [5.41, 5.74) is 0. The van der Waals surface area contributed by atoms with Crippen molar-refractivity contribution in [3.05, 3.63) is 0 Å². The van der Waals surface area contributed by atoms with Crippen LogP contribution in [0.3, 0.4) is 0 Å². The van der Waals surface area contributed by atoms with Gasteiger partial charge in [-0.2, -0.15) is 0 Å². The highest BCUT2D eigenvalue weighted by Crippen LogP contribution is 2.13. The lowest BCUT2D eigenvalue weighted by Gasteiger charge is -2.23. The monoisotopic (exact) mass is 274 g/mol. The first-order valence-electron chi connectivity index (χ1n) is 6.74. The van der Waals surface area contributed by atoms with Gasteiger partial charge in [0.1, 0.15) is 12.1 Å². The van der Waals surface area contributed by atoms with Gasteiger partial charge in [-0.3, -0.25) is 9.59 Å². The lowest BCUT2D eigenvalue weighted by Crippen LogP contribution is -2.43. The van der Waals surface area contributed by atoms with Crippen molar-refractivity contribution in [1.82, 2.24) is 10.6 Å². The normalized spacial score (nSPS) is 17.5. The quantitative estimate of drug-likeness (QED) is 0.473. The maximum Gasteiger partial charge on any atom is 0.320 e. The molecule has 4 N–H and O–H groups in total. The van der Waals surface area contributed by atoms with Crippen LogP contribution in [0.1, 0.15) is 40.5 Å². The Morgan fingerprint density at radius 3 is 2.05 bits per heavy atom. The second kappa shape index (κ2) is 8.87. The number of hydrogen-bond donors (Lipinski definition) is 4. The Kier molecular flexibility index (Phi) is 8.34. The fraction of sp³-hybridized carbons (Fsp3) is 0.846. The highest BCUT2D eigenvalue weighted by Gasteiger charge is 2.24. The average molecular weight is 274 g/mol. The Bertz CT molecular complexity index is 296. The van der Waals surface area contributed by atoms with Crippen LogP contribution in [0.4, 0.5) is 0 Å².